The number of benzene rings is 9. The molecular formula is C64H47N5. The molecule has 0 saturated heterocycles. The Bertz CT molecular complexity index is 3610. The highest BCUT2D eigenvalue weighted by Gasteiger charge is 2.41. The lowest BCUT2D eigenvalue weighted by Crippen LogP contribution is -2.31. The summed E-state index contributed by atoms with van der Waals surface area (Å²) in [4.78, 5) is 22.6. The molecule has 0 fully saturated rings. The van der Waals surface area contributed by atoms with Crippen LogP contribution in [0.1, 0.15) is 43.0 Å². The Balaban J connectivity index is 1.00. The summed E-state index contributed by atoms with van der Waals surface area (Å²) in [6.07, 6.45) is 0. The standard InChI is InChI=1S/C64H47N5/c1-41(43-20-8-5-9-21-43)65-42(2)46-26-18-28-48(36-46)51-39-55-53-31-15-14-30-52(53)54-38-49(34-35-58(54)69-59-33-17-16-32-56(59)64(3,4)57(40-51)60(55)69)47-27-19-29-50(37-47)63-67-61(44-22-10-6-11-23-44)66-62(68-63)45-24-12-7-13-25-45/h5-40H,2H2,1,3-4H3. The number of fused-ring (bicyclic) bond motifs is 7. The first kappa shape index (κ1) is 41.6. The number of para-hydroxylation sites is 1. The predicted molar refractivity (Wildman–Crippen MR) is 286 cm³/mol. The van der Waals surface area contributed by atoms with Gasteiger partial charge in [0.15, 0.2) is 17.5 Å². The van der Waals surface area contributed by atoms with Gasteiger partial charge in [-0.1, -0.05) is 196 Å². The van der Waals surface area contributed by atoms with Crippen LogP contribution < -0.4 is 4.90 Å². The molecule has 2 aliphatic rings. The first-order valence-corrected chi connectivity index (χ1v) is 23.5. The van der Waals surface area contributed by atoms with E-state index in [1.807, 2.05) is 85.8 Å². The van der Waals surface area contributed by atoms with Gasteiger partial charge >= 0.3 is 0 Å². The lowest BCUT2D eigenvalue weighted by Gasteiger charge is -2.43. The molecule has 0 unspecified atom stereocenters. The summed E-state index contributed by atoms with van der Waals surface area (Å²) >= 11 is 0. The third-order valence-corrected chi connectivity index (χ3v) is 13.7. The Labute approximate surface area is 403 Å². The fraction of sp³-hybridized carbons (Fsp3) is 0.0625. The SMILES string of the molecule is C=C(N=C(C)c1ccccc1)c1cccc(-c2cc3c4c(c2)C(C)(C)c2ccccc2N4c2ccc(-c4cccc(-c5nc(-c6ccccc6)nc(-c6ccccc6)n5)c4)cc2-c2ccccc2-3)c1. The van der Waals surface area contributed by atoms with E-state index < -0.39 is 0 Å². The van der Waals surface area contributed by atoms with Gasteiger partial charge < -0.3 is 4.90 Å². The van der Waals surface area contributed by atoms with Gasteiger partial charge in [-0.3, -0.25) is 4.99 Å². The van der Waals surface area contributed by atoms with E-state index in [9.17, 15) is 0 Å². The van der Waals surface area contributed by atoms with Crippen molar-refractivity contribution in [2.24, 2.45) is 4.99 Å². The maximum absolute atomic E-state index is 5.06. The van der Waals surface area contributed by atoms with Crippen LogP contribution in [-0.4, -0.2) is 20.7 Å². The van der Waals surface area contributed by atoms with Crippen LogP contribution in [-0.2, 0) is 5.41 Å². The van der Waals surface area contributed by atoms with Gasteiger partial charge in [0.2, 0.25) is 0 Å². The summed E-state index contributed by atoms with van der Waals surface area (Å²) in [5.74, 6) is 1.90. The minimum atomic E-state index is -0.304. The normalized spacial score (nSPS) is 13.1. The summed E-state index contributed by atoms with van der Waals surface area (Å²) in [6.45, 7) is 11.2. The molecule has 0 saturated carbocycles. The molecule has 1 aromatic heterocycles. The third kappa shape index (κ3) is 7.36. The second-order valence-corrected chi connectivity index (χ2v) is 18.4. The van der Waals surface area contributed by atoms with E-state index in [1.165, 1.54) is 39.2 Å². The largest absolute Gasteiger partial charge is 0.309 e. The van der Waals surface area contributed by atoms with E-state index in [2.05, 4.69) is 165 Å². The Morgan fingerprint density at radius 2 is 0.913 bits per heavy atom. The predicted octanol–water partition coefficient (Wildman–Crippen LogP) is 16.4. The van der Waals surface area contributed by atoms with Crippen molar-refractivity contribution in [3.05, 3.63) is 247 Å². The van der Waals surface area contributed by atoms with E-state index in [4.69, 9.17) is 19.9 Å². The van der Waals surface area contributed by atoms with Crippen molar-refractivity contribution in [1.29, 1.82) is 0 Å². The van der Waals surface area contributed by atoms with E-state index in [-0.39, 0.29) is 5.41 Å². The van der Waals surface area contributed by atoms with Crippen molar-refractivity contribution in [3.63, 3.8) is 0 Å². The number of nitrogens with zero attached hydrogens (tertiary/aromatic N) is 5. The molecule has 5 nitrogen and oxygen atoms in total. The van der Waals surface area contributed by atoms with Gasteiger partial charge in [0.1, 0.15) is 0 Å². The highest BCUT2D eigenvalue weighted by molar-refractivity contribution is 6.07. The van der Waals surface area contributed by atoms with Crippen LogP contribution in [0.4, 0.5) is 17.1 Å². The lowest BCUT2D eigenvalue weighted by atomic mass is 9.71. The molecule has 5 heteroatoms. The first-order chi connectivity index (χ1) is 33.8. The molecule has 328 valence electrons. The Kier molecular flexibility index (Phi) is 10.1. The van der Waals surface area contributed by atoms with E-state index in [0.717, 1.165) is 72.7 Å². The van der Waals surface area contributed by atoms with E-state index in [1.54, 1.807) is 0 Å². The Morgan fingerprint density at radius 3 is 1.61 bits per heavy atom. The number of hydrogen-bond donors (Lipinski definition) is 0. The van der Waals surface area contributed by atoms with Crippen LogP contribution in [0.2, 0.25) is 0 Å². The van der Waals surface area contributed by atoms with Crippen molar-refractivity contribution < 1.29 is 0 Å². The lowest BCUT2D eigenvalue weighted by molar-refractivity contribution is 0.632. The minimum absolute atomic E-state index is 0.304. The van der Waals surface area contributed by atoms with Gasteiger partial charge in [-0.2, -0.15) is 0 Å². The number of aromatic nitrogens is 3. The minimum Gasteiger partial charge on any atom is -0.309 e. The van der Waals surface area contributed by atoms with Crippen LogP contribution in [0.15, 0.2) is 230 Å². The second kappa shape index (κ2) is 16.8. The van der Waals surface area contributed by atoms with Gasteiger partial charge in [-0.15, -0.1) is 0 Å². The van der Waals surface area contributed by atoms with Crippen molar-refractivity contribution in [1.82, 2.24) is 15.0 Å². The van der Waals surface area contributed by atoms with Gasteiger partial charge in [0.05, 0.1) is 22.8 Å². The van der Waals surface area contributed by atoms with Gasteiger partial charge in [-0.25, -0.2) is 15.0 Å². The molecule has 0 aliphatic carbocycles. The van der Waals surface area contributed by atoms with Crippen LogP contribution in [0, 0.1) is 0 Å². The molecule has 12 rings (SSSR count). The van der Waals surface area contributed by atoms with Gasteiger partial charge in [0.25, 0.3) is 0 Å². The molecule has 9 aromatic carbocycles. The summed E-state index contributed by atoms with van der Waals surface area (Å²) < 4.78 is 0. The van der Waals surface area contributed by atoms with Crippen LogP contribution in [0.5, 0.6) is 0 Å². The molecule has 2 aliphatic heterocycles. The molecule has 69 heavy (non-hydrogen) atoms. The first-order valence-electron chi connectivity index (χ1n) is 23.5. The van der Waals surface area contributed by atoms with Crippen molar-refractivity contribution in [2.45, 2.75) is 26.2 Å². The number of aliphatic imine (C=N–C) groups is 1. The monoisotopic (exact) mass is 885 g/mol. The average molecular weight is 886 g/mol. The van der Waals surface area contributed by atoms with Crippen LogP contribution in [0.3, 0.4) is 0 Å². The summed E-state index contributed by atoms with van der Waals surface area (Å²) in [5, 5.41) is 0. The molecule has 0 amide bonds. The van der Waals surface area contributed by atoms with Crippen molar-refractivity contribution in [2.75, 3.05) is 4.90 Å². The molecule has 0 N–H and O–H groups in total. The summed E-state index contributed by atoms with van der Waals surface area (Å²) in [6, 6.07) is 77.4. The third-order valence-electron chi connectivity index (χ3n) is 13.7. The maximum atomic E-state index is 5.06. The molecule has 3 heterocycles. The zero-order valence-corrected chi connectivity index (χ0v) is 38.7. The van der Waals surface area contributed by atoms with Gasteiger partial charge in [-0.05, 0) is 99.5 Å². The molecule has 0 atom stereocenters. The second-order valence-electron chi connectivity index (χ2n) is 18.4. The Hall–Kier alpha value is -8.80. The topological polar surface area (TPSA) is 54.3 Å². The number of rotatable bonds is 8. The quantitative estimate of drug-likeness (QED) is 0.143. The average Bonchev–Trinajstić information content (AvgIpc) is 3.53. The molecular weight excluding hydrogens is 839 g/mol. The van der Waals surface area contributed by atoms with Gasteiger partial charge in [0, 0.05) is 44.5 Å². The smallest absolute Gasteiger partial charge is 0.164 e. The highest BCUT2D eigenvalue weighted by atomic mass is 15.2. The zero-order valence-electron chi connectivity index (χ0n) is 38.7. The summed E-state index contributed by atoms with van der Waals surface area (Å²) in [7, 11) is 0. The van der Waals surface area contributed by atoms with Crippen LogP contribution >= 0.6 is 0 Å². The van der Waals surface area contributed by atoms with Crippen molar-refractivity contribution in [3.8, 4) is 78.7 Å². The number of hydrogen-bond acceptors (Lipinski definition) is 5. The van der Waals surface area contributed by atoms with Crippen molar-refractivity contribution >= 4 is 28.5 Å². The Morgan fingerprint density at radius 1 is 0.406 bits per heavy atom. The number of anilines is 3. The molecule has 0 spiro atoms. The van der Waals surface area contributed by atoms with E-state index in [0.29, 0.717) is 17.5 Å². The summed E-state index contributed by atoms with van der Waals surface area (Å²) in [5.41, 5.74) is 21.5. The molecule has 0 radical (unpaired) electrons. The van der Waals surface area contributed by atoms with E-state index >= 15 is 0 Å². The fourth-order valence-electron chi connectivity index (χ4n) is 10.2. The molecule has 10 aromatic rings. The van der Waals surface area contributed by atoms with Crippen LogP contribution in [0.25, 0.3) is 84.4 Å². The molecule has 0 bridgehead atoms. The fourth-order valence-corrected chi connectivity index (χ4v) is 10.2. The zero-order chi connectivity index (χ0) is 46.6. The highest BCUT2D eigenvalue weighted by Crippen LogP contribution is 2.60. The maximum Gasteiger partial charge on any atom is 0.164 e.